The SMILES string of the molecule is Cc1ccc(S(=O)(=O)N2CCN(C(=O)c3ccc(C)nc3)CC2)cc1. The summed E-state index contributed by atoms with van der Waals surface area (Å²) in [5.41, 5.74) is 2.40. The van der Waals surface area contributed by atoms with Gasteiger partial charge in [-0.25, -0.2) is 8.42 Å². The number of piperazine rings is 1. The van der Waals surface area contributed by atoms with E-state index in [0.29, 0.717) is 36.6 Å². The average molecular weight is 359 g/mol. The summed E-state index contributed by atoms with van der Waals surface area (Å²) >= 11 is 0. The van der Waals surface area contributed by atoms with E-state index >= 15 is 0 Å². The summed E-state index contributed by atoms with van der Waals surface area (Å²) in [4.78, 5) is 18.6. The highest BCUT2D eigenvalue weighted by Gasteiger charge is 2.30. The predicted molar refractivity (Wildman–Crippen MR) is 94.8 cm³/mol. The molecule has 0 unspecified atom stereocenters. The van der Waals surface area contributed by atoms with Crippen LogP contribution in [0.1, 0.15) is 21.6 Å². The molecule has 0 spiro atoms. The number of hydrogen-bond donors (Lipinski definition) is 0. The third-order valence-corrected chi connectivity index (χ3v) is 6.26. The van der Waals surface area contributed by atoms with Gasteiger partial charge in [-0.2, -0.15) is 4.31 Å². The monoisotopic (exact) mass is 359 g/mol. The quantitative estimate of drug-likeness (QED) is 0.838. The van der Waals surface area contributed by atoms with Gasteiger partial charge in [-0.15, -0.1) is 0 Å². The van der Waals surface area contributed by atoms with E-state index in [4.69, 9.17) is 0 Å². The minimum atomic E-state index is -3.52. The van der Waals surface area contributed by atoms with Gasteiger partial charge in [0.2, 0.25) is 10.0 Å². The molecule has 1 aliphatic rings. The lowest BCUT2D eigenvalue weighted by Crippen LogP contribution is -2.50. The van der Waals surface area contributed by atoms with E-state index in [1.807, 2.05) is 13.8 Å². The zero-order valence-corrected chi connectivity index (χ0v) is 15.2. The minimum absolute atomic E-state index is 0.111. The fraction of sp³-hybridized carbons (Fsp3) is 0.333. The second kappa shape index (κ2) is 6.93. The van der Waals surface area contributed by atoms with Crippen LogP contribution in [-0.4, -0.2) is 54.7 Å². The number of carbonyl (C=O) groups excluding carboxylic acids is 1. The summed E-state index contributed by atoms with van der Waals surface area (Å²) in [6.45, 7) is 5.11. The minimum Gasteiger partial charge on any atom is -0.336 e. The van der Waals surface area contributed by atoms with Crippen molar-refractivity contribution in [1.29, 1.82) is 0 Å². The molecule has 3 rings (SSSR count). The molecule has 0 N–H and O–H groups in total. The van der Waals surface area contributed by atoms with Crippen LogP contribution in [0.2, 0.25) is 0 Å². The molecular formula is C18H21N3O3S. The van der Waals surface area contributed by atoms with Crippen LogP contribution in [0, 0.1) is 13.8 Å². The third-order valence-electron chi connectivity index (χ3n) is 4.34. The van der Waals surface area contributed by atoms with Crippen molar-refractivity contribution in [3.05, 3.63) is 59.4 Å². The number of hydrogen-bond acceptors (Lipinski definition) is 4. The van der Waals surface area contributed by atoms with Gasteiger partial charge < -0.3 is 4.90 Å². The van der Waals surface area contributed by atoms with Crippen LogP contribution >= 0.6 is 0 Å². The molecule has 0 atom stereocenters. The lowest BCUT2D eigenvalue weighted by molar-refractivity contribution is 0.0697. The molecule has 0 radical (unpaired) electrons. The number of sulfonamides is 1. The molecule has 1 aromatic heterocycles. The standard InChI is InChI=1S/C18H21N3O3S/c1-14-3-7-17(8-4-14)25(23,24)21-11-9-20(10-12-21)18(22)16-6-5-15(2)19-13-16/h3-8,13H,9-12H2,1-2H3. The van der Waals surface area contributed by atoms with Crippen molar-refractivity contribution in [2.75, 3.05) is 26.2 Å². The Morgan fingerprint density at radius 3 is 2.16 bits per heavy atom. The number of aryl methyl sites for hydroxylation is 2. The first kappa shape index (κ1) is 17.6. The summed E-state index contributed by atoms with van der Waals surface area (Å²) in [5, 5.41) is 0. The van der Waals surface area contributed by atoms with Crippen molar-refractivity contribution in [2.24, 2.45) is 0 Å². The maximum absolute atomic E-state index is 12.7. The van der Waals surface area contributed by atoms with Crippen LogP contribution in [0.4, 0.5) is 0 Å². The maximum atomic E-state index is 12.7. The van der Waals surface area contributed by atoms with Gasteiger partial charge in [0.05, 0.1) is 10.5 Å². The molecule has 25 heavy (non-hydrogen) atoms. The van der Waals surface area contributed by atoms with Gasteiger partial charge in [-0.05, 0) is 38.1 Å². The molecule has 1 aliphatic heterocycles. The molecule has 6 nitrogen and oxygen atoms in total. The first-order chi connectivity index (χ1) is 11.9. The fourth-order valence-electron chi connectivity index (χ4n) is 2.77. The summed E-state index contributed by atoms with van der Waals surface area (Å²) in [6, 6.07) is 10.4. The highest BCUT2D eigenvalue weighted by molar-refractivity contribution is 7.89. The zero-order valence-electron chi connectivity index (χ0n) is 14.3. The maximum Gasteiger partial charge on any atom is 0.255 e. The second-order valence-electron chi connectivity index (χ2n) is 6.20. The van der Waals surface area contributed by atoms with Crippen molar-refractivity contribution in [1.82, 2.24) is 14.2 Å². The molecular weight excluding hydrogens is 338 g/mol. The Balaban J connectivity index is 1.68. The topological polar surface area (TPSA) is 70.6 Å². The van der Waals surface area contributed by atoms with Crippen molar-refractivity contribution in [3.63, 3.8) is 0 Å². The van der Waals surface area contributed by atoms with Gasteiger partial charge in [-0.3, -0.25) is 9.78 Å². The van der Waals surface area contributed by atoms with E-state index in [1.54, 1.807) is 47.5 Å². The van der Waals surface area contributed by atoms with Gasteiger partial charge >= 0.3 is 0 Å². The van der Waals surface area contributed by atoms with Crippen LogP contribution in [0.5, 0.6) is 0 Å². The number of aromatic nitrogens is 1. The van der Waals surface area contributed by atoms with Gasteiger partial charge in [0.1, 0.15) is 0 Å². The zero-order chi connectivity index (χ0) is 18.0. The number of carbonyl (C=O) groups is 1. The van der Waals surface area contributed by atoms with Gasteiger partial charge in [0.15, 0.2) is 0 Å². The van der Waals surface area contributed by atoms with Crippen LogP contribution in [0.3, 0.4) is 0 Å². The molecule has 0 aliphatic carbocycles. The number of pyridine rings is 1. The van der Waals surface area contributed by atoms with E-state index in [1.165, 1.54) is 4.31 Å². The van der Waals surface area contributed by atoms with E-state index in [2.05, 4.69) is 4.98 Å². The van der Waals surface area contributed by atoms with Crippen molar-refractivity contribution in [2.45, 2.75) is 18.7 Å². The van der Waals surface area contributed by atoms with Crippen LogP contribution < -0.4 is 0 Å². The second-order valence-corrected chi connectivity index (χ2v) is 8.14. The van der Waals surface area contributed by atoms with E-state index in [0.717, 1.165) is 11.3 Å². The largest absolute Gasteiger partial charge is 0.336 e. The number of rotatable bonds is 3. The van der Waals surface area contributed by atoms with Gasteiger partial charge in [0.25, 0.3) is 5.91 Å². The fourth-order valence-corrected chi connectivity index (χ4v) is 4.19. The van der Waals surface area contributed by atoms with Crippen molar-refractivity contribution < 1.29 is 13.2 Å². The molecule has 2 heterocycles. The first-order valence-corrected chi connectivity index (χ1v) is 9.61. The third kappa shape index (κ3) is 3.72. The van der Waals surface area contributed by atoms with E-state index in [9.17, 15) is 13.2 Å². The highest BCUT2D eigenvalue weighted by Crippen LogP contribution is 2.19. The Labute approximate surface area is 148 Å². The predicted octanol–water partition coefficient (Wildman–Crippen LogP) is 1.85. The Morgan fingerprint density at radius 1 is 0.960 bits per heavy atom. The summed E-state index contributed by atoms with van der Waals surface area (Å²) in [7, 11) is -3.52. The lowest BCUT2D eigenvalue weighted by Gasteiger charge is -2.34. The molecule has 132 valence electrons. The number of nitrogens with zero attached hydrogens (tertiary/aromatic N) is 3. The van der Waals surface area contributed by atoms with Crippen molar-refractivity contribution >= 4 is 15.9 Å². The lowest BCUT2D eigenvalue weighted by atomic mass is 10.2. The smallest absolute Gasteiger partial charge is 0.255 e. The highest BCUT2D eigenvalue weighted by atomic mass is 32.2. The van der Waals surface area contributed by atoms with Gasteiger partial charge in [-0.1, -0.05) is 17.7 Å². The van der Waals surface area contributed by atoms with Crippen LogP contribution in [-0.2, 0) is 10.0 Å². The molecule has 1 saturated heterocycles. The first-order valence-electron chi connectivity index (χ1n) is 8.17. The number of amides is 1. The van der Waals surface area contributed by atoms with Gasteiger partial charge in [0, 0.05) is 38.1 Å². The van der Waals surface area contributed by atoms with E-state index in [-0.39, 0.29) is 5.91 Å². The molecule has 2 aromatic rings. The average Bonchev–Trinajstić information content (AvgIpc) is 2.62. The molecule has 7 heteroatoms. The Morgan fingerprint density at radius 2 is 1.60 bits per heavy atom. The van der Waals surface area contributed by atoms with E-state index < -0.39 is 10.0 Å². The normalized spacial score (nSPS) is 16.0. The van der Waals surface area contributed by atoms with Crippen molar-refractivity contribution in [3.8, 4) is 0 Å². The molecule has 1 fully saturated rings. The summed E-state index contributed by atoms with van der Waals surface area (Å²) in [6.07, 6.45) is 1.56. The Kier molecular flexibility index (Phi) is 4.87. The van der Waals surface area contributed by atoms with Crippen LogP contribution in [0.25, 0.3) is 0 Å². The Bertz CT molecular complexity index is 853. The summed E-state index contributed by atoms with van der Waals surface area (Å²) < 4.78 is 26.8. The molecule has 0 saturated carbocycles. The number of benzene rings is 1. The Hall–Kier alpha value is -2.25. The molecule has 1 amide bonds. The molecule has 0 bridgehead atoms. The van der Waals surface area contributed by atoms with Crippen LogP contribution in [0.15, 0.2) is 47.5 Å². The summed E-state index contributed by atoms with van der Waals surface area (Å²) in [5.74, 6) is -0.111. The molecule has 1 aromatic carbocycles.